The van der Waals surface area contributed by atoms with Crippen molar-refractivity contribution in [2.45, 2.75) is 56.6 Å². The van der Waals surface area contributed by atoms with Crippen molar-refractivity contribution in [3.63, 3.8) is 0 Å². The van der Waals surface area contributed by atoms with Crippen LogP contribution in [0.3, 0.4) is 0 Å². The summed E-state index contributed by atoms with van der Waals surface area (Å²) in [7, 11) is -3.08. The summed E-state index contributed by atoms with van der Waals surface area (Å²) in [6.45, 7) is 0.593. The number of rotatable bonds is 5. The van der Waals surface area contributed by atoms with Crippen LogP contribution in [0.1, 0.15) is 51.4 Å². The van der Waals surface area contributed by atoms with E-state index in [0.717, 1.165) is 38.5 Å². The molecule has 2 atom stereocenters. The predicted octanol–water partition coefficient (Wildman–Crippen LogP) is 2.89. The molecule has 0 aromatic heterocycles. The van der Waals surface area contributed by atoms with Gasteiger partial charge >= 0.3 is 0 Å². The predicted molar refractivity (Wildman–Crippen MR) is 75.3 cm³/mol. The summed E-state index contributed by atoms with van der Waals surface area (Å²) in [6.07, 6.45) is 8.49. The number of halogens is 1. The molecule has 18 heavy (non-hydrogen) atoms. The van der Waals surface area contributed by atoms with Gasteiger partial charge in [0.25, 0.3) is 0 Å². The number of hydrogen-bond acceptors (Lipinski definition) is 2. The van der Waals surface area contributed by atoms with Crippen molar-refractivity contribution in [2.24, 2.45) is 11.8 Å². The van der Waals surface area contributed by atoms with Crippen molar-refractivity contribution in [1.82, 2.24) is 4.72 Å². The minimum atomic E-state index is -3.08. The van der Waals surface area contributed by atoms with Gasteiger partial charge in [0.2, 0.25) is 10.0 Å². The molecule has 0 saturated heterocycles. The molecule has 0 bridgehead atoms. The smallest absolute Gasteiger partial charge is 0.214 e. The van der Waals surface area contributed by atoms with Crippen LogP contribution in [0.5, 0.6) is 0 Å². The van der Waals surface area contributed by atoms with Gasteiger partial charge in [-0.2, -0.15) is 0 Å². The molecule has 1 N–H and O–H groups in total. The van der Waals surface area contributed by atoms with Gasteiger partial charge < -0.3 is 0 Å². The molecule has 5 heteroatoms. The first kappa shape index (κ1) is 14.6. The molecular formula is C13H24ClNO2S. The third-order valence-electron chi connectivity index (χ3n) is 4.55. The molecule has 0 spiro atoms. The molecule has 2 saturated carbocycles. The molecule has 106 valence electrons. The van der Waals surface area contributed by atoms with E-state index in [1.807, 2.05) is 0 Å². The second-order valence-electron chi connectivity index (χ2n) is 5.76. The summed E-state index contributed by atoms with van der Waals surface area (Å²) in [5.41, 5.74) is 0. The highest BCUT2D eigenvalue weighted by Crippen LogP contribution is 2.31. The topological polar surface area (TPSA) is 46.2 Å². The highest BCUT2D eigenvalue weighted by Gasteiger charge is 2.31. The van der Waals surface area contributed by atoms with Crippen molar-refractivity contribution in [1.29, 1.82) is 0 Å². The van der Waals surface area contributed by atoms with Gasteiger partial charge in [-0.05, 0) is 37.5 Å². The number of sulfonamides is 1. The average Bonchev–Trinajstić information content (AvgIpc) is 2.91. The monoisotopic (exact) mass is 293 g/mol. The van der Waals surface area contributed by atoms with Crippen LogP contribution in [0.4, 0.5) is 0 Å². The molecule has 0 aromatic rings. The molecule has 0 amide bonds. The second-order valence-corrected chi connectivity index (χ2v) is 8.11. The van der Waals surface area contributed by atoms with E-state index < -0.39 is 10.0 Å². The van der Waals surface area contributed by atoms with Gasteiger partial charge in [0.15, 0.2) is 0 Å². The third-order valence-corrected chi connectivity index (χ3v) is 6.87. The fraction of sp³-hybridized carbons (Fsp3) is 1.00. The van der Waals surface area contributed by atoms with Gasteiger partial charge in [0.05, 0.1) is 5.25 Å². The molecule has 2 rings (SSSR count). The number of hydrogen-bond donors (Lipinski definition) is 1. The van der Waals surface area contributed by atoms with Crippen LogP contribution in [-0.4, -0.2) is 26.1 Å². The Morgan fingerprint density at radius 3 is 2.11 bits per heavy atom. The van der Waals surface area contributed by atoms with E-state index in [-0.39, 0.29) is 5.25 Å². The zero-order valence-electron chi connectivity index (χ0n) is 10.9. The molecule has 0 aromatic carbocycles. The Balaban J connectivity index is 1.85. The zero-order valence-corrected chi connectivity index (χ0v) is 12.5. The second kappa shape index (κ2) is 6.58. The van der Waals surface area contributed by atoms with E-state index in [9.17, 15) is 8.42 Å². The lowest BCUT2D eigenvalue weighted by molar-refractivity contribution is 0.260. The van der Waals surface area contributed by atoms with Crippen molar-refractivity contribution < 1.29 is 8.42 Å². The Labute approximate surface area is 116 Å². The number of nitrogens with one attached hydrogen (secondary N) is 1. The minimum absolute atomic E-state index is 0.143. The average molecular weight is 294 g/mol. The highest BCUT2D eigenvalue weighted by molar-refractivity contribution is 7.90. The molecule has 2 aliphatic carbocycles. The molecular weight excluding hydrogens is 270 g/mol. The molecule has 3 nitrogen and oxygen atoms in total. The fourth-order valence-corrected chi connectivity index (χ4v) is 5.34. The van der Waals surface area contributed by atoms with E-state index in [1.54, 1.807) is 0 Å². The standard InChI is InChI=1S/C13H24ClNO2S/c14-9-11-5-1-2-6-12(11)10-15-18(16,17)13-7-3-4-8-13/h11-13,15H,1-10H2. The Morgan fingerprint density at radius 1 is 0.944 bits per heavy atom. The van der Waals surface area contributed by atoms with Crippen LogP contribution in [0.2, 0.25) is 0 Å². The minimum Gasteiger partial charge on any atom is -0.215 e. The van der Waals surface area contributed by atoms with Crippen molar-refractivity contribution in [3.05, 3.63) is 0 Å². The zero-order chi connectivity index (χ0) is 13.0. The largest absolute Gasteiger partial charge is 0.215 e. The molecule has 2 fully saturated rings. The van der Waals surface area contributed by atoms with Gasteiger partial charge in [-0.1, -0.05) is 25.7 Å². The third kappa shape index (κ3) is 3.61. The summed E-state index contributed by atoms with van der Waals surface area (Å²) in [4.78, 5) is 0. The van der Waals surface area contributed by atoms with Crippen LogP contribution in [-0.2, 0) is 10.0 Å². The number of alkyl halides is 1. The highest BCUT2D eigenvalue weighted by atomic mass is 35.5. The lowest BCUT2D eigenvalue weighted by Crippen LogP contribution is -2.39. The normalized spacial score (nSPS) is 30.7. The maximum Gasteiger partial charge on any atom is 0.214 e. The Hall–Kier alpha value is 0.200. The van der Waals surface area contributed by atoms with E-state index in [0.29, 0.717) is 24.3 Å². The van der Waals surface area contributed by atoms with Crippen LogP contribution < -0.4 is 4.72 Å². The van der Waals surface area contributed by atoms with E-state index in [1.165, 1.54) is 12.8 Å². The summed E-state index contributed by atoms with van der Waals surface area (Å²) in [6, 6.07) is 0. The molecule has 2 unspecified atom stereocenters. The van der Waals surface area contributed by atoms with E-state index in [2.05, 4.69) is 4.72 Å². The van der Waals surface area contributed by atoms with Crippen LogP contribution in [0.15, 0.2) is 0 Å². The van der Waals surface area contributed by atoms with Crippen molar-refractivity contribution in [3.8, 4) is 0 Å². The van der Waals surface area contributed by atoms with E-state index in [4.69, 9.17) is 11.6 Å². The van der Waals surface area contributed by atoms with Gasteiger partial charge in [-0.25, -0.2) is 13.1 Å². The van der Waals surface area contributed by atoms with Crippen LogP contribution in [0, 0.1) is 11.8 Å². The Bertz CT molecular complexity index is 352. The Morgan fingerprint density at radius 2 is 1.50 bits per heavy atom. The lowest BCUT2D eigenvalue weighted by atomic mass is 9.80. The van der Waals surface area contributed by atoms with Gasteiger partial charge in [-0.3, -0.25) is 0 Å². The maximum absolute atomic E-state index is 12.1. The summed E-state index contributed by atoms with van der Waals surface area (Å²) in [5, 5.41) is -0.143. The quantitative estimate of drug-likeness (QED) is 0.792. The SMILES string of the molecule is O=S(=O)(NCC1CCCCC1CCl)C1CCCC1. The van der Waals surface area contributed by atoms with Gasteiger partial charge in [0.1, 0.15) is 0 Å². The maximum atomic E-state index is 12.1. The molecule has 0 heterocycles. The molecule has 0 radical (unpaired) electrons. The van der Waals surface area contributed by atoms with Crippen molar-refractivity contribution in [2.75, 3.05) is 12.4 Å². The van der Waals surface area contributed by atoms with Gasteiger partial charge in [-0.15, -0.1) is 11.6 Å². The van der Waals surface area contributed by atoms with Crippen molar-refractivity contribution >= 4 is 21.6 Å². The summed E-state index contributed by atoms with van der Waals surface area (Å²) >= 11 is 5.97. The summed E-state index contributed by atoms with van der Waals surface area (Å²) < 4.78 is 27.1. The first-order valence-electron chi connectivity index (χ1n) is 7.18. The van der Waals surface area contributed by atoms with E-state index >= 15 is 0 Å². The van der Waals surface area contributed by atoms with Crippen LogP contribution in [0.25, 0.3) is 0 Å². The summed E-state index contributed by atoms with van der Waals surface area (Å²) in [5.74, 6) is 1.59. The molecule has 2 aliphatic rings. The Kier molecular flexibility index (Phi) is 5.34. The first-order chi connectivity index (χ1) is 8.63. The fourth-order valence-electron chi connectivity index (χ4n) is 3.30. The van der Waals surface area contributed by atoms with Gasteiger partial charge in [0, 0.05) is 12.4 Å². The first-order valence-corrected chi connectivity index (χ1v) is 9.26. The van der Waals surface area contributed by atoms with Crippen LogP contribution >= 0.6 is 11.6 Å². The lowest BCUT2D eigenvalue weighted by Gasteiger charge is -2.30. The molecule has 0 aliphatic heterocycles.